The Kier molecular flexibility index (Phi) is 5.49. The highest BCUT2D eigenvalue weighted by atomic mass is 16.2. The first-order chi connectivity index (χ1) is 16.5. The Balaban J connectivity index is 1.43. The molecule has 4 N–H and O–H groups in total. The third-order valence-corrected chi connectivity index (χ3v) is 6.58. The normalized spacial score (nSPS) is 18.6. The number of H-pyrrole nitrogens is 1. The van der Waals surface area contributed by atoms with Crippen LogP contribution >= 0.6 is 0 Å². The highest BCUT2D eigenvalue weighted by molar-refractivity contribution is 6.07. The van der Waals surface area contributed by atoms with Gasteiger partial charge < -0.3 is 20.9 Å². The van der Waals surface area contributed by atoms with Gasteiger partial charge in [-0.25, -0.2) is 0 Å². The van der Waals surface area contributed by atoms with Gasteiger partial charge in [0.15, 0.2) is 0 Å². The Morgan fingerprint density at radius 2 is 1.94 bits per heavy atom. The lowest BCUT2D eigenvalue weighted by molar-refractivity contribution is -0.139. The topological polar surface area (TPSA) is 116 Å². The van der Waals surface area contributed by atoms with E-state index >= 15 is 0 Å². The lowest BCUT2D eigenvalue weighted by Gasteiger charge is -2.24. The van der Waals surface area contributed by atoms with Gasteiger partial charge in [0.2, 0.25) is 11.8 Å². The SMILES string of the molecule is CC1(C(=O)NCC(NC(=O)c2cncc3[nH]ccc23)c2ccc3ccccc3c2)CCNC1=O. The molecule has 3 amide bonds. The van der Waals surface area contributed by atoms with Crippen LogP contribution in [-0.2, 0) is 9.59 Å². The Morgan fingerprint density at radius 1 is 1.12 bits per heavy atom. The number of fused-ring (bicyclic) bond motifs is 2. The number of carbonyl (C=O) groups excluding carboxylic acids is 3. The first-order valence-electron chi connectivity index (χ1n) is 11.2. The summed E-state index contributed by atoms with van der Waals surface area (Å²) in [5, 5.41) is 11.5. The minimum atomic E-state index is -1.11. The van der Waals surface area contributed by atoms with Crippen molar-refractivity contribution >= 4 is 39.4 Å². The van der Waals surface area contributed by atoms with E-state index in [9.17, 15) is 14.4 Å². The summed E-state index contributed by atoms with van der Waals surface area (Å²) in [6, 6.07) is 15.2. The standard InChI is InChI=1S/C26H25N5O3/c1-26(9-11-29-24(26)33)25(34)30-15-21(18-7-6-16-4-2-3-5-17(16)12-18)31-23(32)20-13-27-14-22-19(20)8-10-28-22/h2-8,10,12-14,21,28H,9,11,15H2,1H3,(H,29,33)(H,30,34)(H,31,32). The lowest BCUT2D eigenvalue weighted by Crippen LogP contribution is -2.46. The number of rotatable bonds is 6. The molecule has 8 heteroatoms. The number of benzene rings is 2. The minimum absolute atomic E-state index is 0.141. The molecule has 172 valence electrons. The number of nitrogens with one attached hydrogen (secondary N) is 4. The monoisotopic (exact) mass is 455 g/mol. The summed E-state index contributed by atoms with van der Waals surface area (Å²) < 4.78 is 0. The Morgan fingerprint density at radius 3 is 2.74 bits per heavy atom. The van der Waals surface area contributed by atoms with Gasteiger partial charge in [-0.2, -0.15) is 0 Å². The zero-order valence-electron chi connectivity index (χ0n) is 18.7. The third kappa shape index (κ3) is 3.87. The number of nitrogens with zero attached hydrogens (tertiary/aromatic N) is 1. The van der Waals surface area contributed by atoms with Crippen molar-refractivity contribution in [3.8, 4) is 0 Å². The fourth-order valence-electron chi connectivity index (χ4n) is 4.41. The molecule has 0 saturated carbocycles. The zero-order chi connectivity index (χ0) is 23.7. The smallest absolute Gasteiger partial charge is 0.254 e. The Labute approximate surface area is 196 Å². The summed E-state index contributed by atoms with van der Waals surface area (Å²) in [4.78, 5) is 45.6. The molecule has 1 aliphatic rings. The van der Waals surface area contributed by atoms with Crippen LogP contribution in [0.25, 0.3) is 21.7 Å². The first kappa shape index (κ1) is 21.6. The highest BCUT2D eigenvalue weighted by Crippen LogP contribution is 2.27. The minimum Gasteiger partial charge on any atom is -0.360 e. The van der Waals surface area contributed by atoms with E-state index in [2.05, 4.69) is 25.9 Å². The molecule has 0 aliphatic carbocycles. The average molecular weight is 456 g/mol. The molecule has 2 aromatic heterocycles. The number of pyridine rings is 1. The molecular formula is C26H25N5O3. The fraction of sp³-hybridized carbons (Fsp3) is 0.231. The average Bonchev–Trinajstić information content (AvgIpc) is 3.47. The molecule has 4 aromatic rings. The van der Waals surface area contributed by atoms with Crippen molar-refractivity contribution in [3.05, 3.63) is 78.2 Å². The van der Waals surface area contributed by atoms with Crippen LogP contribution in [0.1, 0.15) is 35.3 Å². The van der Waals surface area contributed by atoms with Gasteiger partial charge in [-0.3, -0.25) is 19.4 Å². The maximum Gasteiger partial charge on any atom is 0.254 e. The van der Waals surface area contributed by atoms with Crippen molar-refractivity contribution in [2.24, 2.45) is 5.41 Å². The van der Waals surface area contributed by atoms with Crippen LogP contribution in [0.3, 0.4) is 0 Å². The molecule has 0 radical (unpaired) electrons. The maximum atomic E-state index is 13.3. The lowest BCUT2D eigenvalue weighted by atomic mass is 9.87. The molecule has 5 rings (SSSR count). The van der Waals surface area contributed by atoms with Crippen LogP contribution in [0.4, 0.5) is 0 Å². The molecule has 2 atom stereocenters. The van der Waals surface area contributed by atoms with E-state index in [1.54, 1.807) is 19.3 Å². The highest BCUT2D eigenvalue weighted by Gasteiger charge is 2.44. The maximum absolute atomic E-state index is 13.3. The van der Waals surface area contributed by atoms with Crippen molar-refractivity contribution in [1.82, 2.24) is 25.9 Å². The molecule has 0 spiro atoms. The molecule has 2 aromatic carbocycles. The van der Waals surface area contributed by atoms with Crippen LogP contribution in [-0.4, -0.2) is 40.8 Å². The molecule has 0 bridgehead atoms. The molecule has 34 heavy (non-hydrogen) atoms. The van der Waals surface area contributed by atoms with E-state index in [0.717, 1.165) is 27.2 Å². The number of carbonyl (C=O) groups is 3. The molecule has 2 unspecified atom stereocenters. The number of aromatic amines is 1. The van der Waals surface area contributed by atoms with Crippen molar-refractivity contribution in [2.45, 2.75) is 19.4 Å². The van der Waals surface area contributed by atoms with E-state index < -0.39 is 11.5 Å². The van der Waals surface area contributed by atoms with Crippen LogP contribution < -0.4 is 16.0 Å². The second-order valence-electron chi connectivity index (χ2n) is 8.81. The predicted octanol–water partition coefficient (Wildman–Crippen LogP) is 2.83. The largest absolute Gasteiger partial charge is 0.360 e. The van der Waals surface area contributed by atoms with E-state index in [0.29, 0.717) is 18.5 Å². The zero-order valence-corrected chi connectivity index (χ0v) is 18.7. The second-order valence-corrected chi connectivity index (χ2v) is 8.81. The van der Waals surface area contributed by atoms with Gasteiger partial charge in [0.05, 0.1) is 23.3 Å². The second kappa shape index (κ2) is 8.62. The number of hydrogen-bond donors (Lipinski definition) is 4. The van der Waals surface area contributed by atoms with Crippen LogP contribution in [0.2, 0.25) is 0 Å². The molecule has 3 heterocycles. The van der Waals surface area contributed by atoms with Crippen LogP contribution in [0.15, 0.2) is 67.1 Å². The summed E-state index contributed by atoms with van der Waals surface area (Å²) in [5.74, 6) is -0.923. The van der Waals surface area contributed by atoms with E-state index in [-0.39, 0.29) is 24.3 Å². The van der Waals surface area contributed by atoms with Crippen molar-refractivity contribution in [1.29, 1.82) is 0 Å². The van der Waals surface area contributed by atoms with Crippen molar-refractivity contribution < 1.29 is 14.4 Å². The predicted molar refractivity (Wildman–Crippen MR) is 129 cm³/mol. The Bertz CT molecular complexity index is 1410. The van der Waals surface area contributed by atoms with E-state index in [4.69, 9.17) is 0 Å². The molecule has 1 aliphatic heterocycles. The van der Waals surface area contributed by atoms with Gasteiger partial charge in [0.25, 0.3) is 5.91 Å². The van der Waals surface area contributed by atoms with Gasteiger partial charge in [-0.1, -0.05) is 36.4 Å². The molecule has 1 saturated heterocycles. The van der Waals surface area contributed by atoms with Gasteiger partial charge in [-0.05, 0) is 41.8 Å². The van der Waals surface area contributed by atoms with Crippen LogP contribution in [0.5, 0.6) is 0 Å². The van der Waals surface area contributed by atoms with E-state index in [1.807, 2.05) is 48.5 Å². The number of amides is 3. The summed E-state index contributed by atoms with van der Waals surface area (Å²) in [6.45, 7) is 2.26. The fourth-order valence-corrected chi connectivity index (χ4v) is 4.41. The summed E-state index contributed by atoms with van der Waals surface area (Å²) in [6.07, 6.45) is 5.40. The number of aromatic nitrogens is 2. The third-order valence-electron chi connectivity index (χ3n) is 6.58. The van der Waals surface area contributed by atoms with Crippen LogP contribution in [0, 0.1) is 5.41 Å². The summed E-state index contributed by atoms with van der Waals surface area (Å²) >= 11 is 0. The summed E-state index contributed by atoms with van der Waals surface area (Å²) in [7, 11) is 0. The van der Waals surface area contributed by atoms with E-state index in [1.165, 1.54) is 6.20 Å². The molecule has 8 nitrogen and oxygen atoms in total. The number of hydrogen-bond acceptors (Lipinski definition) is 4. The van der Waals surface area contributed by atoms with Crippen molar-refractivity contribution in [3.63, 3.8) is 0 Å². The quantitative estimate of drug-likeness (QED) is 0.335. The van der Waals surface area contributed by atoms with Gasteiger partial charge in [-0.15, -0.1) is 0 Å². The van der Waals surface area contributed by atoms with Gasteiger partial charge in [0, 0.05) is 30.9 Å². The Hall–Kier alpha value is -4.20. The van der Waals surface area contributed by atoms with Crippen molar-refractivity contribution in [2.75, 3.05) is 13.1 Å². The first-order valence-corrected chi connectivity index (χ1v) is 11.2. The van der Waals surface area contributed by atoms with Gasteiger partial charge >= 0.3 is 0 Å². The molecular weight excluding hydrogens is 430 g/mol. The van der Waals surface area contributed by atoms with Gasteiger partial charge in [0.1, 0.15) is 5.41 Å². The summed E-state index contributed by atoms with van der Waals surface area (Å²) in [5.41, 5.74) is 0.947. The molecule has 1 fully saturated rings.